The highest BCUT2D eigenvalue weighted by Gasteiger charge is 2.38. The highest BCUT2D eigenvalue weighted by Crippen LogP contribution is 2.41. The van der Waals surface area contributed by atoms with E-state index in [2.05, 4.69) is 4.74 Å². The second kappa shape index (κ2) is 6.02. The van der Waals surface area contributed by atoms with Gasteiger partial charge in [-0.1, -0.05) is 6.07 Å². The van der Waals surface area contributed by atoms with E-state index in [9.17, 15) is 22.4 Å². The molecule has 1 aromatic rings. The smallest absolute Gasteiger partial charge is 0.461 e. The van der Waals surface area contributed by atoms with E-state index in [1.807, 2.05) is 0 Å². The minimum Gasteiger partial charge on any atom is -0.461 e. The molecule has 1 aliphatic carbocycles. The van der Waals surface area contributed by atoms with E-state index < -0.39 is 17.9 Å². The van der Waals surface area contributed by atoms with Gasteiger partial charge in [0.25, 0.3) is 0 Å². The monoisotopic (exact) mass is 332 g/mol. The summed E-state index contributed by atoms with van der Waals surface area (Å²) in [6.07, 6.45) is -1.10. The van der Waals surface area contributed by atoms with E-state index >= 15 is 0 Å². The van der Waals surface area contributed by atoms with Gasteiger partial charge in [-0.15, -0.1) is 13.2 Å². The number of hydrogen-bond donors (Lipinski definition) is 0. The number of esters is 1. The molecule has 23 heavy (non-hydrogen) atoms. The van der Waals surface area contributed by atoms with Crippen molar-refractivity contribution in [1.82, 2.24) is 0 Å². The van der Waals surface area contributed by atoms with Crippen molar-refractivity contribution in [3.8, 4) is 5.75 Å². The largest absolute Gasteiger partial charge is 0.573 e. The van der Waals surface area contributed by atoms with E-state index in [0.29, 0.717) is 17.9 Å². The zero-order valence-electron chi connectivity index (χ0n) is 12.2. The van der Waals surface area contributed by atoms with Crippen LogP contribution in [0.1, 0.15) is 43.6 Å². The molecule has 2 fully saturated rings. The van der Waals surface area contributed by atoms with Crippen LogP contribution in [0.15, 0.2) is 18.2 Å². The summed E-state index contributed by atoms with van der Waals surface area (Å²) < 4.78 is 58.9. The van der Waals surface area contributed by atoms with Gasteiger partial charge in [-0.25, -0.2) is 4.39 Å². The fourth-order valence-electron chi connectivity index (χ4n) is 3.39. The molecular weight excluding hydrogens is 316 g/mol. The summed E-state index contributed by atoms with van der Waals surface area (Å²) in [6, 6.07) is 3.63. The molecule has 0 N–H and O–H groups in total. The molecule has 1 aromatic carbocycles. The van der Waals surface area contributed by atoms with Gasteiger partial charge in [0.2, 0.25) is 0 Å². The van der Waals surface area contributed by atoms with Gasteiger partial charge in [0.15, 0.2) is 11.6 Å². The van der Waals surface area contributed by atoms with Crippen LogP contribution < -0.4 is 4.74 Å². The molecular formula is C16H16F4O3. The lowest BCUT2D eigenvalue weighted by Crippen LogP contribution is -2.40. The van der Waals surface area contributed by atoms with Gasteiger partial charge < -0.3 is 9.47 Å². The molecule has 0 spiro atoms. The van der Waals surface area contributed by atoms with Crippen LogP contribution in [-0.4, -0.2) is 18.4 Å². The van der Waals surface area contributed by atoms with Crippen molar-refractivity contribution in [2.45, 2.75) is 50.5 Å². The first kappa shape index (κ1) is 16.1. The molecule has 1 saturated carbocycles. The molecule has 3 nitrogen and oxygen atoms in total. The topological polar surface area (TPSA) is 35.5 Å². The minimum atomic E-state index is -4.90. The maximum absolute atomic E-state index is 13.8. The Morgan fingerprint density at radius 2 is 1.78 bits per heavy atom. The van der Waals surface area contributed by atoms with E-state index in [0.717, 1.165) is 37.8 Å². The molecule has 1 aliphatic heterocycles. The molecule has 3 rings (SSSR count). The van der Waals surface area contributed by atoms with Gasteiger partial charge in [0, 0.05) is 0 Å². The lowest BCUT2D eigenvalue weighted by Gasteiger charge is -2.37. The summed E-state index contributed by atoms with van der Waals surface area (Å²) in [5.74, 6) is -1.54. The van der Waals surface area contributed by atoms with Crippen LogP contribution >= 0.6 is 0 Å². The summed E-state index contributed by atoms with van der Waals surface area (Å²) in [5.41, 5.74) is 0.682. The van der Waals surface area contributed by atoms with Crippen molar-refractivity contribution in [2.75, 3.05) is 0 Å². The number of carbonyl (C=O) groups excluding carboxylic acids is 1. The van der Waals surface area contributed by atoms with Gasteiger partial charge in [0.05, 0.1) is 6.42 Å². The Hall–Kier alpha value is -1.79. The normalized spacial score (nSPS) is 28.0. The first-order chi connectivity index (χ1) is 10.8. The first-order valence-electron chi connectivity index (χ1n) is 7.56. The van der Waals surface area contributed by atoms with Crippen molar-refractivity contribution >= 4 is 5.97 Å². The molecule has 2 aliphatic rings. The predicted octanol–water partition coefficient (Wildman–Crippen LogP) is 4.31. The lowest BCUT2D eigenvalue weighted by atomic mass is 9.75. The Morgan fingerprint density at radius 1 is 1.13 bits per heavy atom. The van der Waals surface area contributed by atoms with Crippen molar-refractivity contribution < 1.29 is 31.8 Å². The van der Waals surface area contributed by atoms with Gasteiger partial charge in [-0.05, 0) is 55.2 Å². The summed E-state index contributed by atoms with van der Waals surface area (Å²) in [7, 11) is 0. The van der Waals surface area contributed by atoms with Crippen LogP contribution in [0.25, 0.3) is 0 Å². The summed E-state index contributed by atoms with van der Waals surface area (Å²) in [4.78, 5) is 10.9. The second-order valence-electron chi connectivity index (χ2n) is 6.08. The van der Waals surface area contributed by atoms with Crippen molar-refractivity contribution in [2.24, 2.45) is 5.92 Å². The fourth-order valence-corrected chi connectivity index (χ4v) is 3.39. The standard InChI is InChI=1S/C16H16F4O3/c17-12-7-11(5-6-13(12)23-16(18,19)20)9-1-3-10(4-2-9)14-8-15(21)22-14/h5-7,9-10,14H,1-4,8H2. The summed E-state index contributed by atoms with van der Waals surface area (Å²) in [5, 5.41) is 0. The molecule has 0 aromatic heterocycles. The summed E-state index contributed by atoms with van der Waals surface area (Å²) >= 11 is 0. The molecule has 1 atom stereocenters. The van der Waals surface area contributed by atoms with E-state index in [4.69, 9.17) is 4.74 Å². The maximum Gasteiger partial charge on any atom is 0.573 e. The lowest BCUT2D eigenvalue weighted by molar-refractivity contribution is -0.275. The maximum atomic E-state index is 13.8. The molecule has 1 heterocycles. The highest BCUT2D eigenvalue weighted by molar-refractivity contribution is 5.75. The molecule has 0 radical (unpaired) electrons. The van der Waals surface area contributed by atoms with Gasteiger partial charge in [-0.3, -0.25) is 4.79 Å². The minimum absolute atomic E-state index is 0.00254. The van der Waals surface area contributed by atoms with Crippen LogP contribution in [0, 0.1) is 11.7 Å². The molecule has 1 unspecified atom stereocenters. The van der Waals surface area contributed by atoms with Gasteiger partial charge in [-0.2, -0.15) is 0 Å². The number of cyclic esters (lactones) is 1. The van der Waals surface area contributed by atoms with E-state index in [1.54, 1.807) is 0 Å². The van der Waals surface area contributed by atoms with Crippen LogP contribution in [-0.2, 0) is 9.53 Å². The Bertz CT molecular complexity index is 583. The number of carbonyl (C=O) groups is 1. The van der Waals surface area contributed by atoms with Crippen LogP contribution in [0.2, 0.25) is 0 Å². The van der Waals surface area contributed by atoms with Crippen LogP contribution in [0.4, 0.5) is 17.6 Å². The average Bonchev–Trinajstić information content (AvgIpc) is 2.45. The molecule has 1 saturated heterocycles. The Balaban J connectivity index is 1.60. The van der Waals surface area contributed by atoms with Crippen molar-refractivity contribution in [3.63, 3.8) is 0 Å². The number of halogens is 4. The van der Waals surface area contributed by atoms with Crippen molar-refractivity contribution in [1.29, 1.82) is 0 Å². The average molecular weight is 332 g/mol. The van der Waals surface area contributed by atoms with E-state index in [-0.39, 0.29) is 18.0 Å². The SMILES string of the molecule is O=C1CC(C2CCC(c3ccc(OC(F)(F)F)c(F)c3)CC2)O1. The zero-order chi connectivity index (χ0) is 16.6. The first-order valence-corrected chi connectivity index (χ1v) is 7.56. The third-order valence-corrected chi connectivity index (χ3v) is 4.60. The van der Waals surface area contributed by atoms with Crippen LogP contribution in [0.3, 0.4) is 0 Å². The second-order valence-corrected chi connectivity index (χ2v) is 6.08. The summed E-state index contributed by atoms with van der Waals surface area (Å²) in [6.45, 7) is 0. The third kappa shape index (κ3) is 3.76. The fraction of sp³-hybridized carbons (Fsp3) is 0.562. The van der Waals surface area contributed by atoms with Gasteiger partial charge >= 0.3 is 12.3 Å². The Morgan fingerprint density at radius 3 is 2.30 bits per heavy atom. The van der Waals surface area contributed by atoms with E-state index in [1.165, 1.54) is 6.07 Å². The van der Waals surface area contributed by atoms with Crippen molar-refractivity contribution in [3.05, 3.63) is 29.6 Å². The highest BCUT2D eigenvalue weighted by atomic mass is 19.4. The number of hydrogen-bond acceptors (Lipinski definition) is 3. The van der Waals surface area contributed by atoms with Crippen LogP contribution in [0.5, 0.6) is 5.75 Å². The zero-order valence-corrected chi connectivity index (χ0v) is 12.2. The Kier molecular flexibility index (Phi) is 4.21. The Labute approximate surface area is 130 Å². The predicted molar refractivity (Wildman–Crippen MR) is 72.3 cm³/mol. The number of ether oxygens (including phenoxy) is 2. The number of benzene rings is 1. The quantitative estimate of drug-likeness (QED) is 0.611. The molecule has 126 valence electrons. The third-order valence-electron chi connectivity index (χ3n) is 4.60. The molecule has 0 amide bonds. The molecule has 0 bridgehead atoms. The van der Waals surface area contributed by atoms with Gasteiger partial charge in [0.1, 0.15) is 6.10 Å². The number of alkyl halides is 3. The number of rotatable bonds is 3. The molecule has 7 heteroatoms.